The van der Waals surface area contributed by atoms with E-state index in [2.05, 4.69) is 31.9 Å². The molecule has 2 nitrogen and oxygen atoms in total. The molecule has 1 aromatic rings. The van der Waals surface area contributed by atoms with Crippen molar-refractivity contribution in [3.8, 4) is 0 Å². The van der Waals surface area contributed by atoms with E-state index in [0.717, 1.165) is 20.6 Å². The van der Waals surface area contributed by atoms with E-state index in [9.17, 15) is 4.79 Å². The SMILES string of the molecule is O=C(O)C=Cc1cc(Br)ccc1Br. The van der Waals surface area contributed by atoms with Gasteiger partial charge < -0.3 is 5.11 Å². The van der Waals surface area contributed by atoms with Crippen molar-refractivity contribution < 1.29 is 9.90 Å². The summed E-state index contributed by atoms with van der Waals surface area (Å²) in [6.45, 7) is 0. The first kappa shape index (κ1) is 10.5. The van der Waals surface area contributed by atoms with E-state index in [1.165, 1.54) is 6.08 Å². The van der Waals surface area contributed by atoms with Crippen molar-refractivity contribution in [1.29, 1.82) is 0 Å². The van der Waals surface area contributed by atoms with Gasteiger partial charge in [-0.15, -0.1) is 0 Å². The Hall–Kier alpha value is -0.610. The molecule has 0 saturated heterocycles. The third-order valence-corrected chi connectivity index (χ3v) is 2.58. The maximum atomic E-state index is 10.3. The summed E-state index contributed by atoms with van der Waals surface area (Å²) in [4.78, 5) is 10.3. The highest BCUT2D eigenvalue weighted by Crippen LogP contribution is 2.22. The van der Waals surface area contributed by atoms with Crippen LogP contribution in [0.5, 0.6) is 0 Å². The molecule has 0 heterocycles. The molecule has 0 radical (unpaired) electrons. The van der Waals surface area contributed by atoms with Crippen LogP contribution >= 0.6 is 31.9 Å². The molecule has 0 saturated carbocycles. The second-order valence-electron chi connectivity index (χ2n) is 2.34. The number of halogens is 2. The lowest BCUT2D eigenvalue weighted by Crippen LogP contribution is -1.86. The topological polar surface area (TPSA) is 37.3 Å². The molecular weight excluding hydrogens is 300 g/mol. The fourth-order valence-corrected chi connectivity index (χ4v) is 1.56. The molecule has 4 heteroatoms. The summed E-state index contributed by atoms with van der Waals surface area (Å²) in [6, 6.07) is 5.57. The van der Waals surface area contributed by atoms with Crippen molar-refractivity contribution in [3.63, 3.8) is 0 Å². The molecule has 1 rings (SSSR count). The Bertz CT molecular complexity index is 359. The van der Waals surface area contributed by atoms with Crippen LogP contribution in [0, 0.1) is 0 Å². The van der Waals surface area contributed by atoms with Crippen LogP contribution < -0.4 is 0 Å². The summed E-state index contributed by atoms with van der Waals surface area (Å²) in [5.41, 5.74) is 0.830. The number of carboxylic acid groups (broad SMARTS) is 1. The summed E-state index contributed by atoms with van der Waals surface area (Å²) in [5, 5.41) is 8.42. The first-order valence-electron chi connectivity index (χ1n) is 3.45. The number of benzene rings is 1. The largest absolute Gasteiger partial charge is 0.478 e. The Morgan fingerprint density at radius 1 is 1.38 bits per heavy atom. The Labute approximate surface area is 92.5 Å². The van der Waals surface area contributed by atoms with E-state index in [1.807, 2.05) is 18.2 Å². The van der Waals surface area contributed by atoms with E-state index in [-0.39, 0.29) is 0 Å². The van der Waals surface area contributed by atoms with Crippen LogP contribution in [0.1, 0.15) is 5.56 Å². The van der Waals surface area contributed by atoms with E-state index >= 15 is 0 Å². The fourth-order valence-electron chi connectivity index (χ4n) is 0.803. The van der Waals surface area contributed by atoms with Gasteiger partial charge in [0.15, 0.2) is 0 Å². The van der Waals surface area contributed by atoms with Gasteiger partial charge in [-0.3, -0.25) is 0 Å². The number of hydrogen-bond donors (Lipinski definition) is 1. The second-order valence-corrected chi connectivity index (χ2v) is 4.11. The molecule has 0 unspecified atom stereocenters. The van der Waals surface area contributed by atoms with Gasteiger partial charge in [0.1, 0.15) is 0 Å². The van der Waals surface area contributed by atoms with Crippen molar-refractivity contribution >= 4 is 43.9 Å². The highest BCUT2D eigenvalue weighted by Gasteiger charge is 1.97. The van der Waals surface area contributed by atoms with Crippen LogP contribution in [0.3, 0.4) is 0 Å². The molecule has 0 fully saturated rings. The van der Waals surface area contributed by atoms with E-state index in [4.69, 9.17) is 5.11 Å². The van der Waals surface area contributed by atoms with Crippen molar-refractivity contribution in [1.82, 2.24) is 0 Å². The molecular formula is C9H6Br2O2. The lowest BCUT2D eigenvalue weighted by molar-refractivity contribution is -0.131. The summed E-state index contributed by atoms with van der Waals surface area (Å²) < 4.78 is 1.79. The van der Waals surface area contributed by atoms with E-state index in [1.54, 1.807) is 0 Å². The van der Waals surface area contributed by atoms with Gasteiger partial charge in [0.25, 0.3) is 0 Å². The van der Waals surface area contributed by atoms with E-state index in [0.29, 0.717) is 0 Å². The summed E-state index contributed by atoms with van der Waals surface area (Å²) in [5.74, 6) is -0.952. The Morgan fingerprint density at radius 3 is 2.69 bits per heavy atom. The number of aliphatic carboxylic acids is 1. The summed E-state index contributed by atoms with van der Waals surface area (Å²) in [6.07, 6.45) is 2.64. The molecule has 0 aliphatic rings. The van der Waals surface area contributed by atoms with Crippen molar-refractivity contribution in [2.75, 3.05) is 0 Å². The van der Waals surface area contributed by atoms with Gasteiger partial charge >= 0.3 is 5.97 Å². The van der Waals surface area contributed by atoms with Crippen LogP contribution in [0.15, 0.2) is 33.2 Å². The summed E-state index contributed by atoms with van der Waals surface area (Å²) in [7, 11) is 0. The zero-order valence-corrected chi connectivity index (χ0v) is 9.67. The fraction of sp³-hybridized carbons (Fsp3) is 0. The number of carbonyl (C=O) groups is 1. The van der Waals surface area contributed by atoms with Crippen LogP contribution in [0.4, 0.5) is 0 Å². The standard InChI is InChI=1S/C9H6Br2O2/c10-7-2-3-8(11)6(5-7)1-4-9(12)13/h1-5H,(H,12,13). The minimum Gasteiger partial charge on any atom is -0.478 e. The molecule has 1 N–H and O–H groups in total. The first-order valence-corrected chi connectivity index (χ1v) is 5.04. The van der Waals surface area contributed by atoms with Gasteiger partial charge in [-0.05, 0) is 29.8 Å². The molecule has 68 valence electrons. The summed E-state index contributed by atoms with van der Waals surface area (Å²) >= 11 is 6.62. The molecule has 0 amide bonds. The predicted molar refractivity (Wildman–Crippen MR) is 58.5 cm³/mol. The van der Waals surface area contributed by atoms with Gasteiger partial charge in [0.05, 0.1) is 0 Å². The smallest absolute Gasteiger partial charge is 0.328 e. The highest BCUT2D eigenvalue weighted by atomic mass is 79.9. The Kier molecular flexibility index (Phi) is 3.69. The quantitative estimate of drug-likeness (QED) is 0.851. The normalized spacial score (nSPS) is 10.6. The zero-order chi connectivity index (χ0) is 9.84. The molecule has 0 aliphatic carbocycles. The number of hydrogen-bond acceptors (Lipinski definition) is 1. The Balaban J connectivity index is 3.00. The second kappa shape index (κ2) is 4.58. The molecule has 0 aromatic heterocycles. The molecule has 0 bridgehead atoms. The van der Waals surface area contributed by atoms with Crippen LogP contribution in [0.2, 0.25) is 0 Å². The van der Waals surface area contributed by atoms with Crippen LogP contribution in [-0.2, 0) is 4.79 Å². The third kappa shape index (κ3) is 3.32. The maximum absolute atomic E-state index is 10.3. The average Bonchev–Trinajstić information content (AvgIpc) is 2.06. The van der Waals surface area contributed by atoms with Crippen molar-refractivity contribution in [3.05, 3.63) is 38.8 Å². The van der Waals surface area contributed by atoms with E-state index < -0.39 is 5.97 Å². The molecule has 0 aliphatic heterocycles. The number of rotatable bonds is 2. The monoisotopic (exact) mass is 304 g/mol. The van der Waals surface area contributed by atoms with Gasteiger partial charge in [0.2, 0.25) is 0 Å². The maximum Gasteiger partial charge on any atom is 0.328 e. The molecule has 13 heavy (non-hydrogen) atoms. The first-order chi connectivity index (χ1) is 6.09. The lowest BCUT2D eigenvalue weighted by atomic mass is 10.2. The van der Waals surface area contributed by atoms with Crippen LogP contribution in [0.25, 0.3) is 6.08 Å². The predicted octanol–water partition coefficient (Wildman–Crippen LogP) is 3.31. The van der Waals surface area contributed by atoms with Gasteiger partial charge in [-0.2, -0.15) is 0 Å². The van der Waals surface area contributed by atoms with Gasteiger partial charge in [0, 0.05) is 15.0 Å². The molecule has 1 aromatic carbocycles. The lowest BCUT2D eigenvalue weighted by Gasteiger charge is -1.97. The minimum atomic E-state index is -0.952. The Morgan fingerprint density at radius 2 is 2.08 bits per heavy atom. The molecule has 0 atom stereocenters. The highest BCUT2D eigenvalue weighted by molar-refractivity contribution is 9.11. The van der Waals surface area contributed by atoms with Crippen molar-refractivity contribution in [2.45, 2.75) is 0 Å². The average molecular weight is 306 g/mol. The third-order valence-electron chi connectivity index (χ3n) is 1.36. The number of carboxylic acids is 1. The minimum absolute atomic E-state index is 0.830. The van der Waals surface area contributed by atoms with Gasteiger partial charge in [-0.25, -0.2) is 4.79 Å². The zero-order valence-electron chi connectivity index (χ0n) is 6.50. The van der Waals surface area contributed by atoms with Crippen LogP contribution in [-0.4, -0.2) is 11.1 Å². The molecule has 0 spiro atoms. The van der Waals surface area contributed by atoms with Crippen molar-refractivity contribution in [2.24, 2.45) is 0 Å². The van der Waals surface area contributed by atoms with Gasteiger partial charge in [-0.1, -0.05) is 31.9 Å².